The number of benzene rings is 1. The third-order valence-electron chi connectivity index (χ3n) is 2.55. The number of carbonyl (C=O) groups excluding carboxylic acids is 1. The zero-order valence-electron chi connectivity index (χ0n) is 10.5. The number of hydrogen-bond acceptors (Lipinski definition) is 3. The number of hydrogen-bond donors (Lipinski definition) is 2. The molecule has 98 valence electrons. The van der Waals surface area contributed by atoms with E-state index in [-0.39, 0.29) is 11.6 Å². The van der Waals surface area contributed by atoms with E-state index in [0.29, 0.717) is 5.69 Å². The predicted molar refractivity (Wildman–Crippen MR) is 71.4 cm³/mol. The SMILES string of the molecule is CNCc1ccc(NC(=O)c2ccc(F)cn2)cc1. The molecule has 1 aromatic carbocycles. The number of aromatic nitrogens is 1. The zero-order valence-corrected chi connectivity index (χ0v) is 10.5. The Morgan fingerprint density at radius 1 is 1.21 bits per heavy atom. The minimum Gasteiger partial charge on any atom is -0.321 e. The van der Waals surface area contributed by atoms with Crippen molar-refractivity contribution in [2.24, 2.45) is 0 Å². The van der Waals surface area contributed by atoms with Crippen LogP contribution in [0.15, 0.2) is 42.6 Å². The Bertz CT molecular complexity index is 552. The molecule has 0 radical (unpaired) electrons. The molecule has 1 amide bonds. The van der Waals surface area contributed by atoms with E-state index in [9.17, 15) is 9.18 Å². The van der Waals surface area contributed by atoms with Crippen LogP contribution in [-0.4, -0.2) is 17.9 Å². The summed E-state index contributed by atoms with van der Waals surface area (Å²) >= 11 is 0. The molecule has 2 rings (SSSR count). The smallest absolute Gasteiger partial charge is 0.274 e. The van der Waals surface area contributed by atoms with E-state index in [2.05, 4.69) is 15.6 Å². The quantitative estimate of drug-likeness (QED) is 0.885. The van der Waals surface area contributed by atoms with Gasteiger partial charge >= 0.3 is 0 Å². The van der Waals surface area contributed by atoms with E-state index in [0.717, 1.165) is 18.3 Å². The van der Waals surface area contributed by atoms with Crippen LogP contribution in [0.1, 0.15) is 16.1 Å². The largest absolute Gasteiger partial charge is 0.321 e. The highest BCUT2D eigenvalue weighted by Gasteiger charge is 2.07. The third kappa shape index (κ3) is 3.59. The summed E-state index contributed by atoms with van der Waals surface area (Å²) in [4.78, 5) is 15.6. The fourth-order valence-electron chi connectivity index (χ4n) is 1.62. The van der Waals surface area contributed by atoms with Crippen LogP contribution in [0, 0.1) is 5.82 Å². The molecule has 0 aliphatic rings. The van der Waals surface area contributed by atoms with Gasteiger partial charge in [0.1, 0.15) is 11.5 Å². The maximum absolute atomic E-state index is 12.7. The summed E-state index contributed by atoms with van der Waals surface area (Å²) in [6, 6.07) is 10.0. The maximum Gasteiger partial charge on any atom is 0.274 e. The first kappa shape index (κ1) is 13.2. The van der Waals surface area contributed by atoms with Gasteiger partial charge in [-0.3, -0.25) is 4.79 Å². The molecule has 0 aliphatic heterocycles. The number of anilines is 1. The molecule has 1 aromatic heterocycles. The van der Waals surface area contributed by atoms with Crippen LogP contribution in [0.3, 0.4) is 0 Å². The molecule has 0 unspecified atom stereocenters. The molecule has 0 fully saturated rings. The first-order chi connectivity index (χ1) is 9.19. The lowest BCUT2D eigenvalue weighted by Crippen LogP contribution is -2.13. The predicted octanol–water partition coefficient (Wildman–Crippen LogP) is 2.19. The van der Waals surface area contributed by atoms with E-state index >= 15 is 0 Å². The molecule has 0 spiro atoms. The topological polar surface area (TPSA) is 54.0 Å². The van der Waals surface area contributed by atoms with Gasteiger partial charge in [-0.1, -0.05) is 12.1 Å². The highest BCUT2D eigenvalue weighted by atomic mass is 19.1. The Labute approximate surface area is 110 Å². The summed E-state index contributed by atoms with van der Waals surface area (Å²) in [5.41, 5.74) is 1.98. The second kappa shape index (κ2) is 6.06. The Morgan fingerprint density at radius 2 is 1.95 bits per heavy atom. The molecule has 0 saturated heterocycles. The Morgan fingerprint density at radius 3 is 2.53 bits per heavy atom. The average Bonchev–Trinajstić information content (AvgIpc) is 2.42. The van der Waals surface area contributed by atoms with E-state index in [1.807, 2.05) is 31.3 Å². The second-order valence-corrected chi connectivity index (χ2v) is 4.04. The summed E-state index contributed by atoms with van der Waals surface area (Å²) in [5, 5.41) is 5.75. The van der Waals surface area contributed by atoms with Gasteiger partial charge < -0.3 is 10.6 Å². The maximum atomic E-state index is 12.7. The zero-order chi connectivity index (χ0) is 13.7. The fourth-order valence-corrected chi connectivity index (χ4v) is 1.62. The Balaban J connectivity index is 2.04. The summed E-state index contributed by atoms with van der Waals surface area (Å²) in [7, 11) is 1.87. The molecule has 2 aromatic rings. The van der Waals surface area contributed by atoms with Crippen molar-refractivity contribution in [3.05, 3.63) is 59.7 Å². The highest BCUT2D eigenvalue weighted by Crippen LogP contribution is 2.11. The molecule has 2 N–H and O–H groups in total. The third-order valence-corrected chi connectivity index (χ3v) is 2.55. The number of carbonyl (C=O) groups is 1. The first-order valence-electron chi connectivity index (χ1n) is 5.85. The molecular formula is C14H14FN3O. The molecule has 0 atom stereocenters. The van der Waals surface area contributed by atoms with Gasteiger partial charge in [-0.2, -0.15) is 0 Å². The summed E-state index contributed by atoms with van der Waals surface area (Å²) in [5.74, 6) is -0.825. The van der Waals surface area contributed by atoms with Gasteiger partial charge in [0.05, 0.1) is 6.20 Å². The van der Waals surface area contributed by atoms with Crippen molar-refractivity contribution in [3.8, 4) is 0 Å². The van der Waals surface area contributed by atoms with Gasteiger partial charge in [0.2, 0.25) is 0 Å². The summed E-state index contributed by atoms with van der Waals surface area (Å²) < 4.78 is 12.7. The van der Waals surface area contributed by atoms with Crippen LogP contribution >= 0.6 is 0 Å². The van der Waals surface area contributed by atoms with E-state index in [1.165, 1.54) is 12.1 Å². The van der Waals surface area contributed by atoms with Crippen LogP contribution in [-0.2, 0) is 6.54 Å². The van der Waals surface area contributed by atoms with Crippen LogP contribution in [0.4, 0.5) is 10.1 Å². The lowest BCUT2D eigenvalue weighted by molar-refractivity contribution is 0.102. The number of halogens is 1. The van der Waals surface area contributed by atoms with Gasteiger partial charge in [-0.05, 0) is 36.9 Å². The molecule has 4 nitrogen and oxygen atoms in total. The van der Waals surface area contributed by atoms with Crippen LogP contribution < -0.4 is 10.6 Å². The standard InChI is InChI=1S/C14H14FN3O/c1-16-8-10-2-5-12(6-3-10)18-14(19)13-7-4-11(15)9-17-13/h2-7,9,16H,8H2,1H3,(H,18,19). The minimum atomic E-state index is -0.465. The van der Waals surface area contributed by atoms with Crippen molar-refractivity contribution in [2.75, 3.05) is 12.4 Å². The molecule has 0 aliphatic carbocycles. The van der Waals surface area contributed by atoms with Gasteiger partial charge in [0.15, 0.2) is 0 Å². The van der Waals surface area contributed by atoms with E-state index in [4.69, 9.17) is 0 Å². The van der Waals surface area contributed by atoms with Crippen LogP contribution in [0.5, 0.6) is 0 Å². The average molecular weight is 259 g/mol. The lowest BCUT2D eigenvalue weighted by atomic mass is 10.2. The normalized spacial score (nSPS) is 10.2. The van der Waals surface area contributed by atoms with Crippen molar-refractivity contribution < 1.29 is 9.18 Å². The second-order valence-electron chi connectivity index (χ2n) is 4.04. The van der Waals surface area contributed by atoms with Crippen molar-refractivity contribution in [2.45, 2.75) is 6.54 Å². The first-order valence-corrected chi connectivity index (χ1v) is 5.85. The lowest BCUT2D eigenvalue weighted by Gasteiger charge is -2.06. The molecule has 0 saturated carbocycles. The van der Waals surface area contributed by atoms with E-state index < -0.39 is 5.82 Å². The van der Waals surface area contributed by atoms with Crippen molar-refractivity contribution in [3.63, 3.8) is 0 Å². The van der Waals surface area contributed by atoms with Gasteiger partial charge in [-0.15, -0.1) is 0 Å². The monoisotopic (exact) mass is 259 g/mol. The van der Waals surface area contributed by atoms with Crippen molar-refractivity contribution in [1.29, 1.82) is 0 Å². The molecule has 0 bridgehead atoms. The molecule has 19 heavy (non-hydrogen) atoms. The fraction of sp³-hybridized carbons (Fsp3) is 0.143. The number of nitrogens with one attached hydrogen (secondary N) is 2. The summed E-state index contributed by atoms with van der Waals surface area (Å²) in [6.07, 6.45) is 1.02. The summed E-state index contributed by atoms with van der Waals surface area (Å²) in [6.45, 7) is 0.772. The van der Waals surface area contributed by atoms with Crippen LogP contribution in [0.2, 0.25) is 0 Å². The minimum absolute atomic E-state index is 0.181. The Hall–Kier alpha value is -2.27. The molecular weight excluding hydrogens is 245 g/mol. The van der Waals surface area contributed by atoms with Crippen molar-refractivity contribution >= 4 is 11.6 Å². The number of amides is 1. The van der Waals surface area contributed by atoms with Gasteiger partial charge in [-0.25, -0.2) is 9.37 Å². The number of nitrogens with zero attached hydrogens (tertiary/aromatic N) is 1. The Kier molecular flexibility index (Phi) is 4.20. The van der Waals surface area contributed by atoms with Gasteiger partial charge in [0, 0.05) is 12.2 Å². The molecule has 5 heteroatoms. The molecule has 1 heterocycles. The van der Waals surface area contributed by atoms with E-state index in [1.54, 1.807) is 0 Å². The highest BCUT2D eigenvalue weighted by molar-refractivity contribution is 6.02. The van der Waals surface area contributed by atoms with Crippen LogP contribution in [0.25, 0.3) is 0 Å². The van der Waals surface area contributed by atoms with Crippen molar-refractivity contribution in [1.82, 2.24) is 10.3 Å². The number of rotatable bonds is 4. The van der Waals surface area contributed by atoms with Gasteiger partial charge in [0.25, 0.3) is 5.91 Å². The number of pyridine rings is 1.